The Bertz CT molecular complexity index is 589. The second kappa shape index (κ2) is 5.56. The average molecular weight is 258 g/mol. The smallest absolute Gasteiger partial charge is 0.251 e. The topological polar surface area (TPSA) is 72.9 Å². The third kappa shape index (κ3) is 3.13. The highest BCUT2D eigenvalue weighted by Gasteiger charge is 2.06. The molecule has 0 unspecified atom stereocenters. The van der Waals surface area contributed by atoms with Crippen LogP contribution in [0.2, 0.25) is 0 Å². The van der Waals surface area contributed by atoms with Crippen LogP contribution in [0.4, 0.5) is 5.69 Å². The van der Waals surface area contributed by atoms with Gasteiger partial charge in [-0.05, 0) is 36.8 Å². The molecule has 5 heteroatoms. The molecule has 2 aromatic rings. The lowest BCUT2D eigenvalue weighted by Gasteiger charge is -2.07. The highest BCUT2D eigenvalue weighted by molar-refractivity contribution is 5.94. The molecule has 1 amide bonds. The van der Waals surface area contributed by atoms with Crippen molar-refractivity contribution >= 4 is 11.6 Å². The van der Waals surface area contributed by atoms with E-state index in [1.54, 1.807) is 29.1 Å². The van der Waals surface area contributed by atoms with Gasteiger partial charge in [-0.3, -0.25) is 9.48 Å². The summed E-state index contributed by atoms with van der Waals surface area (Å²) in [6.07, 6.45) is 2.51. The molecule has 0 radical (unpaired) electrons. The molecule has 0 fully saturated rings. The van der Waals surface area contributed by atoms with Crippen molar-refractivity contribution in [2.45, 2.75) is 13.3 Å². The second-order valence-corrected chi connectivity index (χ2v) is 4.52. The Morgan fingerprint density at radius 2 is 2.21 bits per heavy atom. The zero-order valence-electron chi connectivity index (χ0n) is 11.2. The van der Waals surface area contributed by atoms with Gasteiger partial charge in [0, 0.05) is 43.2 Å². The first kappa shape index (κ1) is 13.1. The van der Waals surface area contributed by atoms with E-state index in [1.807, 2.05) is 20.0 Å². The molecule has 1 aromatic carbocycles. The third-order valence-electron chi connectivity index (χ3n) is 3.12. The average Bonchev–Trinajstić information content (AvgIpc) is 2.78. The maximum Gasteiger partial charge on any atom is 0.251 e. The monoisotopic (exact) mass is 258 g/mol. The van der Waals surface area contributed by atoms with Gasteiger partial charge in [-0.25, -0.2) is 0 Å². The minimum absolute atomic E-state index is 0.0785. The Hall–Kier alpha value is -2.30. The molecule has 0 aliphatic carbocycles. The van der Waals surface area contributed by atoms with Crippen LogP contribution in [0.5, 0.6) is 0 Å². The van der Waals surface area contributed by atoms with Crippen LogP contribution in [0, 0.1) is 6.92 Å². The Balaban J connectivity index is 1.91. The number of rotatable bonds is 4. The molecule has 3 N–H and O–H groups in total. The van der Waals surface area contributed by atoms with Gasteiger partial charge in [-0.1, -0.05) is 0 Å². The first-order valence-corrected chi connectivity index (χ1v) is 6.19. The van der Waals surface area contributed by atoms with E-state index in [0.717, 1.165) is 17.7 Å². The molecular weight excluding hydrogens is 240 g/mol. The summed E-state index contributed by atoms with van der Waals surface area (Å²) in [6.45, 7) is 2.48. The van der Waals surface area contributed by atoms with Gasteiger partial charge in [0.05, 0.1) is 0 Å². The van der Waals surface area contributed by atoms with Crippen molar-refractivity contribution < 1.29 is 4.79 Å². The maximum atomic E-state index is 11.9. The van der Waals surface area contributed by atoms with E-state index in [4.69, 9.17) is 5.73 Å². The summed E-state index contributed by atoms with van der Waals surface area (Å²) in [4.78, 5) is 11.9. The molecule has 0 saturated carbocycles. The normalized spacial score (nSPS) is 10.4. The van der Waals surface area contributed by atoms with E-state index in [9.17, 15) is 4.79 Å². The summed E-state index contributed by atoms with van der Waals surface area (Å²) >= 11 is 0. The van der Waals surface area contributed by atoms with Crippen molar-refractivity contribution in [3.05, 3.63) is 47.3 Å². The highest BCUT2D eigenvalue weighted by Crippen LogP contribution is 2.12. The van der Waals surface area contributed by atoms with Crippen LogP contribution in [0.15, 0.2) is 30.5 Å². The van der Waals surface area contributed by atoms with Crippen LogP contribution in [0.3, 0.4) is 0 Å². The van der Waals surface area contributed by atoms with Gasteiger partial charge >= 0.3 is 0 Å². The molecule has 5 nitrogen and oxygen atoms in total. The van der Waals surface area contributed by atoms with E-state index in [2.05, 4.69) is 10.4 Å². The van der Waals surface area contributed by atoms with Crippen LogP contribution in [-0.2, 0) is 13.5 Å². The van der Waals surface area contributed by atoms with E-state index in [1.165, 1.54) is 0 Å². The summed E-state index contributed by atoms with van der Waals surface area (Å²) < 4.78 is 1.81. The van der Waals surface area contributed by atoms with Gasteiger partial charge in [0.25, 0.3) is 5.91 Å². The molecule has 0 aliphatic rings. The fourth-order valence-corrected chi connectivity index (χ4v) is 1.87. The molecule has 1 heterocycles. The van der Waals surface area contributed by atoms with Gasteiger partial charge in [-0.2, -0.15) is 5.10 Å². The summed E-state index contributed by atoms with van der Waals surface area (Å²) in [5.74, 6) is -0.0785. The zero-order chi connectivity index (χ0) is 13.8. The Kier molecular flexibility index (Phi) is 3.85. The standard InChI is InChI=1S/C14H18N4O/c1-10-9-11(3-4-13(10)15)14(19)16-7-5-12-6-8-17-18(12)2/h3-4,6,8-9H,5,7,15H2,1-2H3,(H,16,19). The number of hydrogen-bond acceptors (Lipinski definition) is 3. The predicted octanol–water partition coefficient (Wildman–Crippen LogP) is 1.28. The van der Waals surface area contributed by atoms with E-state index < -0.39 is 0 Å². The lowest BCUT2D eigenvalue weighted by atomic mass is 10.1. The number of nitrogen functional groups attached to an aromatic ring is 1. The Morgan fingerprint density at radius 3 is 2.84 bits per heavy atom. The van der Waals surface area contributed by atoms with E-state index in [0.29, 0.717) is 17.8 Å². The number of carbonyl (C=O) groups is 1. The minimum atomic E-state index is -0.0785. The molecule has 0 spiro atoms. The first-order valence-electron chi connectivity index (χ1n) is 6.19. The molecule has 2 rings (SSSR count). The number of benzene rings is 1. The van der Waals surface area contributed by atoms with Crippen LogP contribution in [0.25, 0.3) is 0 Å². The zero-order valence-corrected chi connectivity index (χ0v) is 11.2. The van der Waals surface area contributed by atoms with Crippen molar-refractivity contribution in [2.24, 2.45) is 7.05 Å². The number of carbonyl (C=O) groups excluding carboxylic acids is 1. The van der Waals surface area contributed by atoms with Crippen molar-refractivity contribution in [1.82, 2.24) is 15.1 Å². The molecule has 19 heavy (non-hydrogen) atoms. The van der Waals surface area contributed by atoms with Crippen molar-refractivity contribution in [3.8, 4) is 0 Å². The first-order chi connectivity index (χ1) is 9.08. The predicted molar refractivity (Wildman–Crippen MR) is 74.8 cm³/mol. The largest absolute Gasteiger partial charge is 0.399 e. The van der Waals surface area contributed by atoms with E-state index in [-0.39, 0.29) is 5.91 Å². The van der Waals surface area contributed by atoms with Crippen molar-refractivity contribution in [3.63, 3.8) is 0 Å². The minimum Gasteiger partial charge on any atom is -0.399 e. The van der Waals surface area contributed by atoms with Crippen LogP contribution >= 0.6 is 0 Å². The number of hydrogen-bond donors (Lipinski definition) is 2. The molecule has 100 valence electrons. The molecule has 0 atom stereocenters. The number of aromatic nitrogens is 2. The molecule has 1 aromatic heterocycles. The van der Waals surface area contributed by atoms with Crippen LogP contribution < -0.4 is 11.1 Å². The highest BCUT2D eigenvalue weighted by atomic mass is 16.1. The number of nitrogens with two attached hydrogens (primary N) is 1. The fourth-order valence-electron chi connectivity index (χ4n) is 1.87. The third-order valence-corrected chi connectivity index (χ3v) is 3.12. The summed E-state index contributed by atoms with van der Waals surface area (Å²) in [5.41, 5.74) is 9.07. The number of nitrogens with zero attached hydrogens (tertiary/aromatic N) is 2. The Labute approximate surface area is 112 Å². The lowest BCUT2D eigenvalue weighted by molar-refractivity contribution is 0.0954. The summed E-state index contributed by atoms with van der Waals surface area (Å²) in [7, 11) is 1.89. The number of anilines is 1. The fraction of sp³-hybridized carbons (Fsp3) is 0.286. The summed E-state index contributed by atoms with van der Waals surface area (Å²) in [6, 6.07) is 7.24. The molecule has 0 saturated heterocycles. The van der Waals surface area contributed by atoms with Gasteiger partial charge in [-0.15, -0.1) is 0 Å². The van der Waals surface area contributed by atoms with Crippen LogP contribution in [0.1, 0.15) is 21.6 Å². The lowest BCUT2D eigenvalue weighted by Crippen LogP contribution is -2.26. The second-order valence-electron chi connectivity index (χ2n) is 4.52. The number of nitrogens with one attached hydrogen (secondary N) is 1. The van der Waals surface area contributed by atoms with Crippen molar-refractivity contribution in [1.29, 1.82) is 0 Å². The quantitative estimate of drug-likeness (QED) is 0.811. The Morgan fingerprint density at radius 1 is 1.42 bits per heavy atom. The van der Waals surface area contributed by atoms with E-state index >= 15 is 0 Å². The number of aryl methyl sites for hydroxylation is 2. The number of amides is 1. The van der Waals surface area contributed by atoms with Gasteiger partial charge < -0.3 is 11.1 Å². The summed E-state index contributed by atoms with van der Waals surface area (Å²) in [5, 5.41) is 6.97. The van der Waals surface area contributed by atoms with Gasteiger partial charge in [0.1, 0.15) is 0 Å². The molecule has 0 bridgehead atoms. The molecule has 0 aliphatic heterocycles. The maximum absolute atomic E-state index is 11.9. The van der Waals surface area contributed by atoms with Gasteiger partial charge in [0.15, 0.2) is 0 Å². The SMILES string of the molecule is Cc1cc(C(=O)NCCc2ccnn2C)ccc1N. The van der Waals surface area contributed by atoms with Gasteiger partial charge in [0.2, 0.25) is 0 Å². The molecular formula is C14H18N4O. The van der Waals surface area contributed by atoms with Crippen LogP contribution in [-0.4, -0.2) is 22.2 Å². The van der Waals surface area contributed by atoms with Crippen molar-refractivity contribution in [2.75, 3.05) is 12.3 Å².